The number of carbonyl (C=O) groups is 1. The van der Waals surface area contributed by atoms with Gasteiger partial charge in [-0.3, -0.25) is 0 Å². The fourth-order valence-electron chi connectivity index (χ4n) is 2.30. The summed E-state index contributed by atoms with van der Waals surface area (Å²) in [4.78, 5) is 11.4. The van der Waals surface area contributed by atoms with Crippen LogP contribution in [0.15, 0.2) is 35.4 Å². The molecule has 2 unspecified atom stereocenters. The number of hydrogen-bond donors (Lipinski definition) is 1. The molecule has 3 nitrogen and oxygen atoms in total. The number of alkyl halides is 3. The molecule has 0 spiro atoms. The van der Waals surface area contributed by atoms with Crippen LogP contribution in [0.2, 0.25) is 0 Å². The summed E-state index contributed by atoms with van der Waals surface area (Å²) in [5, 5.41) is 2.52. The first-order valence-corrected chi connectivity index (χ1v) is 5.93. The highest BCUT2D eigenvalue weighted by molar-refractivity contribution is 6.31. The molecule has 0 aromatic heterocycles. The highest BCUT2D eigenvalue weighted by Gasteiger charge is 2.64. The van der Waals surface area contributed by atoms with Crippen molar-refractivity contribution in [2.75, 3.05) is 0 Å². The van der Waals surface area contributed by atoms with Crippen LogP contribution in [0.5, 0.6) is 0 Å². The second-order valence-electron chi connectivity index (χ2n) is 4.29. The number of rotatable bonds is 1. The average Bonchev–Trinajstić information content (AvgIpc) is 2.28. The Morgan fingerprint density at radius 2 is 2.21 bits per heavy atom. The lowest BCUT2D eigenvalue weighted by Crippen LogP contribution is -2.64. The van der Waals surface area contributed by atoms with Crippen molar-refractivity contribution in [1.29, 1.82) is 0 Å². The molecule has 1 N–H and O–H groups in total. The summed E-state index contributed by atoms with van der Waals surface area (Å²) in [6.07, 6.45) is 0.348. The second kappa shape index (κ2) is 4.59. The van der Waals surface area contributed by atoms with Crippen LogP contribution in [0.1, 0.15) is 6.92 Å². The monoisotopic (exact) mass is 293 g/mol. The molecule has 0 bridgehead atoms. The van der Waals surface area contributed by atoms with Crippen LogP contribution >= 0.6 is 11.6 Å². The average molecular weight is 294 g/mol. The van der Waals surface area contributed by atoms with Gasteiger partial charge in [0.15, 0.2) is 0 Å². The summed E-state index contributed by atoms with van der Waals surface area (Å²) in [5.74, 6) is -1.14. The zero-order chi connectivity index (χ0) is 14.3. The zero-order valence-corrected chi connectivity index (χ0v) is 10.6. The Kier molecular flexibility index (Phi) is 3.38. The molecule has 1 heterocycles. The first-order chi connectivity index (χ1) is 8.80. The molecule has 1 amide bonds. The Balaban J connectivity index is 2.55. The Hall–Kier alpha value is -1.43. The number of cyclic esters (lactones) is 1. The quantitative estimate of drug-likeness (QED) is 0.754. The van der Waals surface area contributed by atoms with E-state index in [0.29, 0.717) is 0 Å². The van der Waals surface area contributed by atoms with E-state index in [1.54, 1.807) is 0 Å². The van der Waals surface area contributed by atoms with E-state index in [-0.39, 0.29) is 5.03 Å². The number of halogens is 4. The fraction of sp³-hybridized carbons (Fsp3) is 0.417. The first-order valence-electron chi connectivity index (χ1n) is 5.56. The summed E-state index contributed by atoms with van der Waals surface area (Å²) in [5.41, 5.74) is -2.69. The van der Waals surface area contributed by atoms with Crippen LogP contribution in [0.4, 0.5) is 18.0 Å². The SMILES string of the molecule is CC=C[C@]1(C(F)(F)F)OC(=O)NC2C=CC(Cl)=CC21. The lowest BCUT2D eigenvalue weighted by Gasteiger charge is -2.45. The normalized spacial score (nSPS) is 34.6. The van der Waals surface area contributed by atoms with E-state index < -0.39 is 29.8 Å². The highest BCUT2D eigenvalue weighted by atomic mass is 35.5. The molecular formula is C12H11ClF3NO2. The van der Waals surface area contributed by atoms with Crippen LogP contribution in [-0.2, 0) is 4.74 Å². The van der Waals surface area contributed by atoms with Gasteiger partial charge in [-0.15, -0.1) is 0 Å². The van der Waals surface area contributed by atoms with Gasteiger partial charge in [-0.1, -0.05) is 29.8 Å². The lowest BCUT2D eigenvalue weighted by molar-refractivity contribution is -0.259. The van der Waals surface area contributed by atoms with E-state index in [0.717, 1.165) is 6.08 Å². The molecule has 2 rings (SSSR count). The molecule has 104 valence electrons. The Labute approximate surface area is 112 Å². The van der Waals surface area contributed by atoms with Gasteiger partial charge in [-0.25, -0.2) is 4.79 Å². The third-order valence-corrected chi connectivity index (χ3v) is 3.34. The van der Waals surface area contributed by atoms with E-state index in [1.807, 2.05) is 0 Å². The van der Waals surface area contributed by atoms with Gasteiger partial charge in [-0.05, 0) is 19.1 Å². The van der Waals surface area contributed by atoms with Gasteiger partial charge in [0.25, 0.3) is 0 Å². The van der Waals surface area contributed by atoms with Crippen molar-refractivity contribution in [3.05, 3.63) is 35.4 Å². The Morgan fingerprint density at radius 1 is 1.53 bits per heavy atom. The summed E-state index contributed by atoms with van der Waals surface area (Å²) >= 11 is 5.77. The lowest BCUT2D eigenvalue weighted by atomic mass is 9.77. The van der Waals surface area contributed by atoms with Gasteiger partial charge in [0.05, 0.1) is 12.0 Å². The molecule has 3 atom stereocenters. The van der Waals surface area contributed by atoms with Gasteiger partial charge >= 0.3 is 12.3 Å². The minimum absolute atomic E-state index is 0.180. The van der Waals surface area contributed by atoms with Crippen LogP contribution in [0, 0.1) is 5.92 Å². The molecule has 1 aliphatic carbocycles. The third kappa shape index (κ3) is 2.25. The predicted octanol–water partition coefficient (Wildman–Crippen LogP) is 3.28. The third-order valence-electron chi connectivity index (χ3n) is 3.09. The minimum Gasteiger partial charge on any atom is -0.428 e. The number of allylic oxidation sites excluding steroid dienone is 3. The molecule has 0 aromatic rings. The number of hydrogen-bond acceptors (Lipinski definition) is 2. The minimum atomic E-state index is -4.74. The molecule has 7 heteroatoms. The number of amides is 1. The van der Waals surface area contributed by atoms with Crippen LogP contribution < -0.4 is 5.32 Å². The van der Waals surface area contributed by atoms with Gasteiger partial charge in [0, 0.05) is 5.03 Å². The molecule has 0 saturated carbocycles. The molecule has 19 heavy (non-hydrogen) atoms. The van der Waals surface area contributed by atoms with Gasteiger partial charge in [-0.2, -0.15) is 13.2 Å². The number of ether oxygens (including phenoxy) is 1. The van der Waals surface area contributed by atoms with E-state index in [4.69, 9.17) is 11.6 Å². The largest absolute Gasteiger partial charge is 0.432 e. The molecule has 0 aromatic carbocycles. The van der Waals surface area contributed by atoms with Gasteiger partial charge < -0.3 is 10.1 Å². The number of fused-ring (bicyclic) bond motifs is 1. The van der Waals surface area contributed by atoms with Crippen molar-refractivity contribution in [3.63, 3.8) is 0 Å². The summed E-state index contributed by atoms with van der Waals surface area (Å²) in [7, 11) is 0. The fourth-order valence-corrected chi connectivity index (χ4v) is 2.50. The van der Waals surface area contributed by atoms with Gasteiger partial charge in [0.2, 0.25) is 5.60 Å². The summed E-state index contributed by atoms with van der Waals surface area (Å²) in [6.45, 7) is 1.43. The Bertz CT molecular complexity index is 484. The second-order valence-corrected chi connectivity index (χ2v) is 4.72. The maximum Gasteiger partial charge on any atom is 0.432 e. The van der Waals surface area contributed by atoms with E-state index in [1.165, 1.54) is 31.2 Å². The molecule has 1 fully saturated rings. The highest BCUT2D eigenvalue weighted by Crippen LogP contribution is 2.46. The molecular weight excluding hydrogens is 283 g/mol. The van der Waals surface area contributed by atoms with Crippen molar-refractivity contribution in [2.45, 2.75) is 24.7 Å². The first kappa shape index (κ1) is 14.0. The van der Waals surface area contributed by atoms with Crippen molar-refractivity contribution >= 4 is 17.7 Å². The number of carbonyl (C=O) groups excluding carboxylic acids is 1. The Morgan fingerprint density at radius 3 is 2.79 bits per heavy atom. The van der Waals surface area contributed by atoms with E-state index in [2.05, 4.69) is 10.1 Å². The van der Waals surface area contributed by atoms with Crippen molar-refractivity contribution in [1.82, 2.24) is 5.32 Å². The number of alkyl carbamates (subject to hydrolysis) is 1. The molecule has 1 aliphatic heterocycles. The van der Waals surface area contributed by atoms with Crippen LogP contribution in [0.3, 0.4) is 0 Å². The topological polar surface area (TPSA) is 38.3 Å². The van der Waals surface area contributed by atoms with E-state index in [9.17, 15) is 18.0 Å². The zero-order valence-electron chi connectivity index (χ0n) is 9.87. The van der Waals surface area contributed by atoms with Crippen LogP contribution in [-0.4, -0.2) is 23.9 Å². The maximum atomic E-state index is 13.4. The van der Waals surface area contributed by atoms with Crippen molar-refractivity contribution in [2.24, 2.45) is 5.92 Å². The van der Waals surface area contributed by atoms with Crippen molar-refractivity contribution < 1.29 is 22.7 Å². The maximum absolute atomic E-state index is 13.4. The van der Waals surface area contributed by atoms with Crippen LogP contribution in [0.25, 0.3) is 0 Å². The summed E-state index contributed by atoms with van der Waals surface area (Å²) in [6, 6.07) is -0.804. The standard InChI is InChI=1S/C12H11ClF3NO2/c1-2-5-11(12(14,15)16)8-6-7(13)3-4-9(8)17-10(18)19-11/h2-6,8-9H,1H3,(H,17,18)/t8?,9?,11-/m0/s1. The molecule has 2 aliphatic rings. The van der Waals surface area contributed by atoms with E-state index >= 15 is 0 Å². The predicted molar refractivity (Wildman–Crippen MR) is 63.6 cm³/mol. The smallest absolute Gasteiger partial charge is 0.428 e. The molecule has 0 radical (unpaired) electrons. The van der Waals surface area contributed by atoms with Crippen molar-refractivity contribution in [3.8, 4) is 0 Å². The molecule has 1 saturated heterocycles. The summed E-state index contributed by atoms with van der Waals surface area (Å²) < 4.78 is 44.8. The van der Waals surface area contributed by atoms with Gasteiger partial charge in [0.1, 0.15) is 0 Å². The number of nitrogens with one attached hydrogen (secondary N) is 1.